The number of pyridine rings is 2. The van der Waals surface area contributed by atoms with E-state index in [1.165, 1.54) is 31.5 Å². The van der Waals surface area contributed by atoms with E-state index in [0.29, 0.717) is 27.9 Å². The highest BCUT2D eigenvalue weighted by Crippen LogP contribution is 2.27. The molecule has 3 aromatic heterocycles. The molecule has 0 saturated carbocycles. The molecule has 0 aliphatic carbocycles. The number of H-pyrrole nitrogens is 1. The molecule has 0 atom stereocenters. The molecule has 4 heterocycles. The SMILES string of the molecule is Cc1cc(C)c(CNC(=O)c2cc(-c3ccc(CN(C)CCN4CCCC4)cc3)nc3c2cnn3C(C)C)c(=O)[nH]1. The number of hydrogen-bond acceptors (Lipinski definition) is 6. The summed E-state index contributed by atoms with van der Waals surface area (Å²) in [5, 5.41) is 8.17. The minimum atomic E-state index is -0.266. The number of nitrogens with one attached hydrogen (secondary N) is 2. The molecule has 5 rings (SSSR count). The van der Waals surface area contributed by atoms with Gasteiger partial charge in [-0.05, 0) is 83.9 Å². The zero-order valence-electron chi connectivity index (χ0n) is 24.8. The summed E-state index contributed by atoms with van der Waals surface area (Å²) in [4.78, 5) is 38.7. The van der Waals surface area contributed by atoms with Gasteiger partial charge in [0.05, 0.1) is 22.8 Å². The summed E-state index contributed by atoms with van der Waals surface area (Å²) < 4.78 is 1.84. The Labute approximate surface area is 241 Å². The van der Waals surface area contributed by atoms with Gasteiger partial charge in [-0.1, -0.05) is 24.3 Å². The molecular weight excluding hydrogens is 514 g/mol. The van der Waals surface area contributed by atoms with Crippen LogP contribution in [-0.2, 0) is 13.1 Å². The summed E-state index contributed by atoms with van der Waals surface area (Å²) in [6.45, 7) is 13.4. The number of aryl methyl sites for hydroxylation is 2. The van der Waals surface area contributed by atoms with E-state index in [9.17, 15) is 9.59 Å². The van der Waals surface area contributed by atoms with Crippen molar-refractivity contribution in [2.75, 3.05) is 33.2 Å². The van der Waals surface area contributed by atoms with E-state index in [-0.39, 0.29) is 24.1 Å². The fraction of sp³-hybridized carbons (Fsp3) is 0.438. The second kappa shape index (κ2) is 12.4. The van der Waals surface area contributed by atoms with Crippen molar-refractivity contribution in [3.8, 4) is 11.3 Å². The minimum absolute atomic E-state index is 0.0819. The maximum Gasteiger partial charge on any atom is 0.253 e. The highest BCUT2D eigenvalue weighted by Gasteiger charge is 2.19. The van der Waals surface area contributed by atoms with Crippen LogP contribution in [0.3, 0.4) is 0 Å². The number of likely N-dealkylation sites (N-methyl/N-ethyl adjacent to an activating group) is 1. The Morgan fingerprint density at radius 1 is 1.12 bits per heavy atom. The van der Waals surface area contributed by atoms with Crippen LogP contribution in [0.4, 0.5) is 0 Å². The van der Waals surface area contributed by atoms with E-state index in [1.54, 1.807) is 6.20 Å². The molecule has 9 heteroatoms. The lowest BCUT2D eigenvalue weighted by Gasteiger charge is -2.21. The number of nitrogens with zero attached hydrogens (tertiary/aromatic N) is 5. The van der Waals surface area contributed by atoms with Crippen molar-refractivity contribution >= 4 is 16.9 Å². The van der Waals surface area contributed by atoms with Gasteiger partial charge in [-0.25, -0.2) is 9.67 Å². The Balaban J connectivity index is 1.37. The lowest BCUT2D eigenvalue weighted by molar-refractivity contribution is 0.0952. The smallest absolute Gasteiger partial charge is 0.253 e. The molecule has 0 bridgehead atoms. The number of aromatic nitrogens is 4. The third kappa shape index (κ3) is 6.57. The number of rotatable bonds is 10. The van der Waals surface area contributed by atoms with Crippen LogP contribution in [0.25, 0.3) is 22.3 Å². The van der Waals surface area contributed by atoms with Gasteiger partial charge in [0.15, 0.2) is 5.65 Å². The van der Waals surface area contributed by atoms with Gasteiger partial charge in [-0.15, -0.1) is 0 Å². The lowest BCUT2D eigenvalue weighted by atomic mass is 10.0. The lowest BCUT2D eigenvalue weighted by Crippen LogP contribution is -2.31. The third-order valence-electron chi connectivity index (χ3n) is 7.92. The number of likely N-dealkylation sites (tertiary alicyclic amines) is 1. The molecule has 1 fully saturated rings. The van der Waals surface area contributed by atoms with Crippen LogP contribution in [0, 0.1) is 13.8 Å². The molecule has 0 unspecified atom stereocenters. The zero-order chi connectivity index (χ0) is 29.1. The Hall–Kier alpha value is -3.82. The van der Waals surface area contributed by atoms with E-state index in [0.717, 1.165) is 36.5 Å². The number of fused-ring (bicyclic) bond motifs is 1. The van der Waals surface area contributed by atoms with Crippen LogP contribution in [0.5, 0.6) is 0 Å². The second-order valence-corrected chi connectivity index (χ2v) is 11.6. The van der Waals surface area contributed by atoms with Gasteiger partial charge in [0.25, 0.3) is 11.5 Å². The van der Waals surface area contributed by atoms with Gasteiger partial charge >= 0.3 is 0 Å². The average Bonchev–Trinajstić information content (AvgIpc) is 3.61. The third-order valence-corrected chi connectivity index (χ3v) is 7.92. The predicted octanol–water partition coefficient (Wildman–Crippen LogP) is 4.44. The number of amides is 1. The topological polar surface area (TPSA) is 99.2 Å². The molecule has 41 heavy (non-hydrogen) atoms. The van der Waals surface area contributed by atoms with Crippen LogP contribution < -0.4 is 10.9 Å². The molecule has 216 valence electrons. The average molecular weight is 556 g/mol. The van der Waals surface area contributed by atoms with E-state index in [2.05, 4.69) is 56.5 Å². The summed E-state index contributed by atoms with van der Waals surface area (Å²) in [6.07, 6.45) is 4.34. The van der Waals surface area contributed by atoms with Crippen LogP contribution >= 0.6 is 0 Å². The van der Waals surface area contributed by atoms with Gasteiger partial charge in [-0.3, -0.25) is 9.59 Å². The molecular formula is C32H41N7O2. The van der Waals surface area contributed by atoms with Gasteiger partial charge in [0, 0.05) is 49.0 Å². The Morgan fingerprint density at radius 3 is 2.54 bits per heavy atom. The second-order valence-electron chi connectivity index (χ2n) is 11.6. The molecule has 1 aliphatic rings. The van der Waals surface area contributed by atoms with Crippen LogP contribution in [-0.4, -0.2) is 68.7 Å². The molecule has 4 aromatic rings. The first-order valence-corrected chi connectivity index (χ1v) is 14.6. The van der Waals surface area contributed by atoms with Crippen molar-refractivity contribution in [1.82, 2.24) is 34.9 Å². The first-order valence-electron chi connectivity index (χ1n) is 14.6. The van der Waals surface area contributed by atoms with Crippen molar-refractivity contribution in [2.45, 2.75) is 59.7 Å². The van der Waals surface area contributed by atoms with E-state index in [1.807, 2.05) is 44.5 Å². The first kappa shape index (κ1) is 28.7. The van der Waals surface area contributed by atoms with Crippen molar-refractivity contribution in [3.63, 3.8) is 0 Å². The Kier molecular flexibility index (Phi) is 8.65. The minimum Gasteiger partial charge on any atom is -0.348 e. The van der Waals surface area contributed by atoms with Crippen molar-refractivity contribution in [3.05, 3.63) is 80.9 Å². The van der Waals surface area contributed by atoms with Crippen LogP contribution in [0.15, 0.2) is 47.4 Å². The highest BCUT2D eigenvalue weighted by molar-refractivity contribution is 6.06. The van der Waals surface area contributed by atoms with E-state index < -0.39 is 0 Å². The zero-order valence-corrected chi connectivity index (χ0v) is 24.8. The van der Waals surface area contributed by atoms with Crippen molar-refractivity contribution in [2.24, 2.45) is 0 Å². The normalized spacial score (nSPS) is 14.0. The molecule has 0 radical (unpaired) electrons. The molecule has 9 nitrogen and oxygen atoms in total. The summed E-state index contributed by atoms with van der Waals surface area (Å²) in [6, 6.07) is 12.2. The summed E-state index contributed by atoms with van der Waals surface area (Å²) in [5.41, 5.74) is 6.05. The van der Waals surface area contributed by atoms with Crippen molar-refractivity contribution < 1.29 is 4.79 Å². The standard InChI is InChI=1S/C32H41N7O2/c1-21(2)39-30-28(19-34-39)26(31(40)33-18-27-22(3)16-23(4)35-32(27)41)17-29(36-30)25-10-8-24(9-11-25)20-37(5)14-15-38-12-6-7-13-38/h8-11,16-17,19,21H,6-7,12-15,18,20H2,1-5H3,(H,33,40)(H,35,41). The summed E-state index contributed by atoms with van der Waals surface area (Å²) in [7, 11) is 2.17. The van der Waals surface area contributed by atoms with Gasteiger partial charge in [0.1, 0.15) is 0 Å². The first-order chi connectivity index (χ1) is 19.7. The maximum atomic E-state index is 13.5. The number of benzene rings is 1. The maximum absolute atomic E-state index is 13.5. The van der Waals surface area contributed by atoms with Gasteiger partial charge in [0.2, 0.25) is 0 Å². The summed E-state index contributed by atoms with van der Waals surface area (Å²) in [5.74, 6) is -0.266. The fourth-order valence-corrected chi connectivity index (χ4v) is 5.59. The largest absolute Gasteiger partial charge is 0.348 e. The molecule has 1 saturated heterocycles. The number of aromatic amines is 1. The van der Waals surface area contributed by atoms with Crippen LogP contribution in [0.1, 0.15) is 65.5 Å². The highest BCUT2D eigenvalue weighted by atomic mass is 16.1. The summed E-state index contributed by atoms with van der Waals surface area (Å²) >= 11 is 0. The van der Waals surface area contributed by atoms with E-state index in [4.69, 9.17) is 4.98 Å². The number of carbonyl (C=O) groups is 1. The quantitative estimate of drug-likeness (QED) is 0.300. The number of carbonyl (C=O) groups excluding carboxylic acids is 1. The molecule has 2 N–H and O–H groups in total. The predicted molar refractivity (Wildman–Crippen MR) is 163 cm³/mol. The molecule has 0 spiro atoms. The number of hydrogen-bond donors (Lipinski definition) is 2. The molecule has 1 amide bonds. The molecule has 1 aliphatic heterocycles. The van der Waals surface area contributed by atoms with Gasteiger partial charge in [-0.2, -0.15) is 5.10 Å². The van der Waals surface area contributed by atoms with Gasteiger partial charge < -0.3 is 20.1 Å². The fourth-order valence-electron chi connectivity index (χ4n) is 5.59. The van der Waals surface area contributed by atoms with Crippen molar-refractivity contribution in [1.29, 1.82) is 0 Å². The van der Waals surface area contributed by atoms with Crippen LogP contribution in [0.2, 0.25) is 0 Å². The monoisotopic (exact) mass is 555 g/mol. The Morgan fingerprint density at radius 2 is 1.85 bits per heavy atom. The molecule has 1 aromatic carbocycles. The Bertz CT molecular complexity index is 1580. The van der Waals surface area contributed by atoms with E-state index >= 15 is 0 Å².